The van der Waals surface area contributed by atoms with Crippen LogP contribution in [-0.4, -0.2) is 44.0 Å². The molecule has 0 amide bonds. The molecule has 0 saturated carbocycles. The Hall–Kier alpha value is -1.22. The van der Waals surface area contributed by atoms with Gasteiger partial charge >= 0.3 is 10.2 Å². The fourth-order valence-corrected chi connectivity index (χ4v) is 4.10. The molecule has 0 aliphatic carbocycles. The maximum Gasteiger partial charge on any atom is 0.303 e. The monoisotopic (exact) mass is 299 g/mol. The average molecular weight is 299 g/mol. The molecular weight excluding hydrogens is 286 g/mol. The molecule has 1 aromatic heterocycles. The Kier molecular flexibility index (Phi) is 3.40. The lowest BCUT2D eigenvalue weighted by atomic mass is 10.3. The van der Waals surface area contributed by atoms with E-state index in [9.17, 15) is 8.42 Å². The summed E-state index contributed by atoms with van der Waals surface area (Å²) in [6.45, 7) is 1.61. The third-order valence-corrected chi connectivity index (χ3v) is 5.40. The van der Waals surface area contributed by atoms with E-state index in [0.29, 0.717) is 31.4 Å². The second-order valence-electron chi connectivity index (χ2n) is 4.11. The zero-order valence-electron chi connectivity index (χ0n) is 10.1. The Morgan fingerprint density at radius 2 is 2.00 bits per heavy atom. The molecule has 2 heterocycles. The molecule has 8 heteroatoms. The van der Waals surface area contributed by atoms with Gasteiger partial charge in [0.15, 0.2) is 5.13 Å². The minimum atomic E-state index is -3.53. The van der Waals surface area contributed by atoms with Crippen molar-refractivity contribution >= 4 is 36.9 Å². The molecule has 0 spiro atoms. The van der Waals surface area contributed by atoms with E-state index in [2.05, 4.69) is 9.71 Å². The molecule has 0 radical (unpaired) electrons. The van der Waals surface area contributed by atoms with Gasteiger partial charge in [0, 0.05) is 13.1 Å². The van der Waals surface area contributed by atoms with Crippen LogP contribution >= 0.6 is 11.3 Å². The summed E-state index contributed by atoms with van der Waals surface area (Å²) in [6, 6.07) is 7.56. The first-order valence-corrected chi connectivity index (χ1v) is 8.12. The van der Waals surface area contributed by atoms with Gasteiger partial charge in [0.1, 0.15) is 0 Å². The van der Waals surface area contributed by atoms with Gasteiger partial charge in [0.25, 0.3) is 0 Å². The van der Waals surface area contributed by atoms with Gasteiger partial charge in [-0.3, -0.25) is 0 Å². The lowest BCUT2D eigenvalue weighted by molar-refractivity contribution is 0.0733. The highest BCUT2D eigenvalue weighted by molar-refractivity contribution is 7.90. The molecule has 6 nitrogen and oxygen atoms in total. The molecule has 102 valence electrons. The summed E-state index contributed by atoms with van der Waals surface area (Å²) in [5.41, 5.74) is 0.798. The molecular formula is C11H13N3O3S2. The first-order valence-electron chi connectivity index (χ1n) is 5.86. The van der Waals surface area contributed by atoms with Gasteiger partial charge in [-0.15, -0.1) is 0 Å². The number of thiazole rings is 1. The summed E-state index contributed by atoms with van der Waals surface area (Å²) in [5.74, 6) is 0. The highest BCUT2D eigenvalue weighted by atomic mass is 32.2. The lowest BCUT2D eigenvalue weighted by Gasteiger charge is -2.25. The molecule has 1 fully saturated rings. The normalized spacial score (nSPS) is 17.7. The number of hydrogen-bond donors (Lipinski definition) is 1. The third kappa shape index (κ3) is 2.71. The molecule has 1 saturated heterocycles. The first kappa shape index (κ1) is 12.8. The molecule has 1 N–H and O–H groups in total. The number of benzene rings is 1. The maximum absolute atomic E-state index is 12.2. The highest BCUT2D eigenvalue weighted by Gasteiger charge is 2.25. The summed E-state index contributed by atoms with van der Waals surface area (Å²) in [6.07, 6.45) is 0. The quantitative estimate of drug-likeness (QED) is 0.927. The van der Waals surface area contributed by atoms with Crippen molar-refractivity contribution in [2.24, 2.45) is 0 Å². The van der Waals surface area contributed by atoms with Crippen molar-refractivity contribution in [1.82, 2.24) is 9.29 Å². The van der Waals surface area contributed by atoms with Gasteiger partial charge in [-0.05, 0) is 12.1 Å². The van der Waals surface area contributed by atoms with Gasteiger partial charge in [-0.1, -0.05) is 23.5 Å². The smallest absolute Gasteiger partial charge is 0.303 e. The Morgan fingerprint density at radius 1 is 1.26 bits per heavy atom. The van der Waals surface area contributed by atoms with Crippen LogP contribution in [0.3, 0.4) is 0 Å². The fourth-order valence-electron chi connectivity index (χ4n) is 1.88. The Morgan fingerprint density at radius 3 is 2.74 bits per heavy atom. The number of para-hydroxylation sites is 1. The largest absolute Gasteiger partial charge is 0.379 e. The number of ether oxygens (including phenoxy) is 1. The second kappa shape index (κ2) is 5.04. The molecule has 2 aromatic rings. The van der Waals surface area contributed by atoms with Crippen molar-refractivity contribution in [3.05, 3.63) is 24.3 Å². The maximum atomic E-state index is 12.2. The number of nitrogens with zero attached hydrogens (tertiary/aromatic N) is 2. The van der Waals surface area contributed by atoms with Gasteiger partial charge in [-0.2, -0.15) is 12.7 Å². The van der Waals surface area contributed by atoms with Crippen LogP contribution in [0.1, 0.15) is 0 Å². The molecule has 1 aliphatic rings. The molecule has 0 atom stereocenters. The summed E-state index contributed by atoms with van der Waals surface area (Å²) in [4.78, 5) is 4.26. The van der Waals surface area contributed by atoms with Crippen molar-refractivity contribution < 1.29 is 13.2 Å². The van der Waals surface area contributed by atoms with Gasteiger partial charge in [0.2, 0.25) is 0 Å². The molecule has 0 bridgehead atoms. The van der Waals surface area contributed by atoms with E-state index >= 15 is 0 Å². The Labute approximate surface area is 115 Å². The number of hydrogen-bond acceptors (Lipinski definition) is 5. The number of morpholine rings is 1. The van der Waals surface area contributed by atoms with E-state index in [0.717, 1.165) is 10.2 Å². The number of rotatable bonds is 3. The standard InChI is InChI=1S/C11H13N3O3S2/c15-19(16,14-5-7-17-8-6-14)13-11-12-9-3-1-2-4-10(9)18-11/h1-4H,5-8H2,(H,12,13). The summed E-state index contributed by atoms with van der Waals surface area (Å²) in [7, 11) is -3.53. The predicted octanol–water partition coefficient (Wildman–Crippen LogP) is 1.29. The van der Waals surface area contributed by atoms with E-state index in [1.165, 1.54) is 15.6 Å². The SMILES string of the molecule is O=S(=O)(Nc1nc2ccccc2s1)N1CCOCC1. The molecule has 1 aliphatic heterocycles. The van der Waals surface area contributed by atoms with Crippen molar-refractivity contribution in [2.45, 2.75) is 0 Å². The van der Waals surface area contributed by atoms with Crippen molar-refractivity contribution in [3.63, 3.8) is 0 Å². The number of nitrogens with one attached hydrogen (secondary N) is 1. The van der Waals surface area contributed by atoms with E-state index in [-0.39, 0.29) is 0 Å². The van der Waals surface area contributed by atoms with Crippen molar-refractivity contribution in [1.29, 1.82) is 0 Å². The van der Waals surface area contributed by atoms with Crippen LogP contribution in [0.15, 0.2) is 24.3 Å². The van der Waals surface area contributed by atoms with E-state index in [1.807, 2.05) is 24.3 Å². The van der Waals surface area contributed by atoms with Crippen LogP contribution in [0.5, 0.6) is 0 Å². The fraction of sp³-hybridized carbons (Fsp3) is 0.364. The summed E-state index contributed by atoms with van der Waals surface area (Å²) in [5, 5.41) is 0.396. The van der Waals surface area contributed by atoms with Crippen LogP contribution in [0.4, 0.5) is 5.13 Å². The topological polar surface area (TPSA) is 71.5 Å². The van der Waals surface area contributed by atoms with Crippen LogP contribution in [0.2, 0.25) is 0 Å². The molecule has 19 heavy (non-hydrogen) atoms. The van der Waals surface area contributed by atoms with Gasteiger partial charge < -0.3 is 4.74 Å². The first-order chi connectivity index (χ1) is 9.15. The summed E-state index contributed by atoms with van der Waals surface area (Å²) >= 11 is 1.33. The zero-order chi connectivity index (χ0) is 13.3. The van der Waals surface area contributed by atoms with E-state index < -0.39 is 10.2 Å². The number of fused-ring (bicyclic) bond motifs is 1. The zero-order valence-corrected chi connectivity index (χ0v) is 11.7. The number of aromatic nitrogens is 1. The van der Waals surface area contributed by atoms with E-state index in [1.54, 1.807) is 0 Å². The lowest BCUT2D eigenvalue weighted by Crippen LogP contribution is -2.43. The van der Waals surface area contributed by atoms with Crippen molar-refractivity contribution in [3.8, 4) is 0 Å². The minimum absolute atomic E-state index is 0.375. The van der Waals surface area contributed by atoms with Crippen LogP contribution in [0, 0.1) is 0 Å². The Bertz CT molecular complexity index is 644. The molecule has 3 rings (SSSR count). The highest BCUT2D eigenvalue weighted by Crippen LogP contribution is 2.26. The van der Waals surface area contributed by atoms with Crippen LogP contribution < -0.4 is 4.72 Å². The van der Waals surface area contributed by atoms with Crippen molar-refractivity contribution in [2.75, 3.05) is 31.0 Å². The second-order valence-corrected chi connectivity index (χ2v) is 6.81. The van der Waals surface area contributed by atoms with E-state index in [4.69, 9.17) is 4.74 Å². The average Bonchev–Trinajstić information content (AvgIpc) is 2.81. The predicted molar refractivity (Wildman–Crippen MR) is 74.6 cm³/mol. The Balaban J connectivity index is 1.83. The van der Waals surface area contributed by atoms with Gasteiger partial charge in [0.05, 0.1) is 23.4 Å². The molecule has 1 aromatic carbocycles. The van der Waals surface area contributed by atoms with Crippen LogP contribution in [0.25, 0.3) is 10.2 Å². The summed E-state index contributed by atoms with van der Waals surface area (Å²) < 4.78 is 34.3. The molecule has 0 unspecified atom stereocenters. The third-order valence-electron chi connectivity index (χ3n) is 2.82. The van der Waals surface area contributed by atoms with Crippen LogP contribution in [-0.2, 0) is 14.9 Å². The minimum Gasteiger partial charge on any atom is -0.379 e. The number of anilines is 1. The van der Waals surface area contributed by atoms with Gasteiger partial charge in [-0.25, -0.2) is 9.71 Å².